The molecule has 0 atom stereocenters. The number of carbonyl (C=O) groups is 1. The van der Waals surface area contributed by atoms with Gasteiger partial charge in [0.25, 0.3) is 5.91 Å². The fourth-order valence-electron chi connectivity index (χ4n) is 2.88. The van der Waals surface area contributed by atoms with E-state index >= 15 is 0 Å². The number of hydrogen-bond donors (Lipinski definition) is 1. The Morgan fingerprint density at radius 1 is 0.786 bits per heavy atom. The van der Waals surface area contributed by atoms with Crippen LogP contribution in [-0.2, 0) is 23.1 Å². The second-order valence-corrected chi connectivity index (χ2v) is 8.25. The van der Waals surface area contributed by atoms with Gasteiger partial charge in [-0.15, -0.1) is 0 Å². The molecular formula is C22H22N2O3S. The van der Waals surface area contributed by atoms with Gasteiger partial charge in [0.15, 0.2) is 0 Å². The first kappa shape index (κ1) is 19.8. The number of nitrogens with one attached hydrogen (secondary N) is 1. The summed E-state index contributed by atoms with van der Waals surface area (Å²) >= 11 is 0. The molecule has 6 heteroatoms. The molecule has 1 amide bonds. The molecule has 5 nitrogen and oxygen atoms in total. The Hall–Kier alpha value is -2.96. The van der Waals surface area contributed by atoms with E-state index in [4.69, 9.17) is 0 Å². The molecular weight excluding hydrogens is 372 g/mol. The molecule has 3 aromatic rings. The van der Waals surface area contributed by atoms with Crippen molar-refractivity contribution >= 4 is 15.9 Å². The van der Waals surface area contributed by atoms with E-state index in [-0.39, 0.29) is 10.8 Å². The lowest BCUT2D eigenvalue weighted by Crippen LogP contribution is -2.30. The van der Waals surface area contributed by atoms with Crippen molar-refractivity contribution in [3.63, 3.8) is 0 Å². The monoisotopic (exact) mass is 394 g/mol. The third kappa shape index (κ3) is 4.85. The Labute approximate surface area is 165 Å². The van der Waals surface area contributed by atoms with E-state index in [0.717, 1.165) is 11.1 Å². The molecule has 0 spiro atoms. The lowest BCUT2D eigenvalue weighted by Gasteiger charge is -2.23. The molecule has 0 radical (unpaired) electrons. The highest BCUT2D eigenvalue weighted by Gasteiger charge is 2.18. The Morgan fingerprint density at radius 3 is 1.68 bits per heavy atom. The fraction of sp³-hybridized carbons (Fsp3) is 0.136. The molecule has 0 unspecified atom stereocenters. The SMILES string of the molecule is CNS(=O)(=O)c1ccc(C(=O)N(Cc2ccccc2)Cc2ccccc2)cc1. The predicted molar refractivity (Wildman–Crippen MR) is 109 cm³/mol. The van der Waals surface area contributed by atoms with Gasteiger partial charge in [-0.2, -0.15) is 0 Å². The fourth-order valence-corrected chi connectivity index (χ4v) is 3.61. The van der Waals surface area contributed by atoms with Gasteiger partial charge in [0.1, 0.15) is 0 Å². The molecule has 0 aromatic heterocycles. The standard InChI is InChI=1S/C22H22N2O3S/c1-23-28(26,27)21-14-12-20(13-15-21)22(25)24(16-18-8-4-2-5-9-18)17-19-10-6-3-7-11-19/h2-15,23H,16-17H2,1H3. The maximum atomic E-state index is 13.1. The summed E-state index contributed by atoms with van der Waals surface area (Å²) in [5.74, 6) is -0.152. The Bertz CT molecular complexity index is 977. The predicted octanol–water partition coefficient (Wildman–Crippen LogP) is 3.44. The van der Waals surface area contributed by atoms with Crippen molar-refractivity contribution in [2.75, 3.05) is 7.05 Å². The zero-order chi connectivity index (χ0) is 20.0. The minimum absolute atomic E-state index is 0.129. The zero-order valence-corrected chi connectivity index (χ0v) is 16.4. The molecule has 3 rings (SSSR count). The minimum atomic E-state index is -3.53. The van der Waals surface area contributed by atoms with Crippen molar-refractivity contribution in [2.45, 2.75) is 18.0 Å². The lowest BCUT2D eigenvalue weighted by molar-refractivity contribution is 0.0730. The number of benzene rings is 3. The van der Waals surface area contributed by atoms with Gasteiger partial charge in [-0.25, -0.2) is 13.1 Å². The van der Waals surface area contributed by atoms with Crippen LogP contribution < -0.4 is 4.72 Å². The Kier molecular flexibility index (Phi) is 6.23. The van der Waals surface area contributed by atoms with Crippen LogP contribution in [-0.4, -0.2) is 26.3 Å². The van der Waals surface area contributed by atoms with E-state index < -0.39 is 10.0 Å². The molecule has 0 saturated carbocycles. The Morgan fingerprint density at radius 2 is 1.25 bits per heavy atom. The molecule has 0 heterocycles. The highest BCUT2D eigenvalue weighted by Crippen LogP contribution is 2.16. The molecule has 144 valence electrons. The summed E-state index contributed by atoms with van der Waals surface area (Å²) in [6.07, 6.45) is 0. The summed E-state index contributed by atoms with van der Waals surface area (Å²) in [5, 5.41) is 0. The van der Waals surface area contributed by atoms with Gasteiger partial charge in [0.05, 0.1) is 4.90 Å². The largest absolute Gasteiger partial charge is 0.330 e. The molecule has 1 N–H and O–H groups in total. The van der Waals surface area contributed by atoms with Crippen LogP contribution in [0.15, 0.2) is 89.8 Å². The number of sulfonamides is 1. The van der Waals surface area contributed by atoms with Crippen LogP contribution in [0.3, 0.4) is 0 Å². The summed E-state index contributed by atoms with van der Waals surface area (Å²) in [6, 6.07) is 25.6. The van der Waals surface area contributed by atoms with E-state index in [0.29, 0.717) is 18.7 Å². The van der Waals surface area contributed by atoms with E-state index in [1.54, 1.807) is 17.0 Å². The first-order valence-corrected chi connectivity index (χ1v) is 10.4. The van der Waals surface area contributed by atoms with Crippen LogP contribution in [0.2, 0.25) is 0 Å². The van der Waals surface area contributed by atoms with Gasteiger partial charge in [-0.1, -0.05) is 60.7 Å². The highest BCUT2D eigenvalue weighted by atomic mass is 32.2. The van der Waals surface area contributed by atoms with Crippen molar-refractivity contribution in [3.8, 4) is 0 Å². The quantitative estimate of drug-likeness (QED) is 0.668. The van der Waals surface area contributed by atoms with Gasteiger partial charge in [0, 0.05) is 18.7 Å². The summed E-state index contributed by atoms with van der Waals surface area (Å²) in [5.41, 5.74) is 2.50. The summed E-state index contributed by atoms with van der Waals surface area (Å²) in [4.78, 5) is 15.0. The third-order valence-electron chi connectivity index (χ3n) is 4.40. The number of carbonyl (C=O) groups excluding carboxylic acids is 1. The zero-order valence-electron chi connectivity index (χ0n) is 15.6. The summed E-state index contributed by atoms with van der Waals surface area (Å²) in [7, 11) is -2.18. The van der Waals surface area contributed by atoms with Crippen LogP contribution in [0, 0.1) is 0 Å². The number of rotatable bonds is 7. The number of nitrogens with zero attached hydrogens (tertiary/aromatic N) is 1. The molecule has 3 aromatic carbocycles. The van der Waals surface area contributed by atoms with Gasteiger partial charge in [-0.05, 0) is 42.4 Å². The first-order valence-electron chi connectivity index (χ1n) is 8.90. The van der Waals surface area contributed by atoms with Crippen LogP contribution in [0.5, 0.6) is 0 Å². The molecule has 0 aliphatic rings. The lowest BCUT2D eigenvalue weighted by atomic mass is 10.1. The minimum Gasteiger partial charge on any atom is -0.330 e. The molecule has 0 bridgehead atoms. The molecule has 0 aliphatic carbocycles. The van der Waals surface area contributed by atoms with Crippen molar-refractivity contribution in [2.24, 2.45) is 0 Å². The highest BCUT2D eigenvalue weighted by molar-refractivity contribution is 7.89. The van der Waals surface area contributed by atoms with Crippen molar-refractivity contribution < 1.29 is 13.2 Å². The topological polar surface area (TPSA) is 66.5 Å². The molecule has 0 saturated heterocycles. The van der Waals surface area contributed by atoms with Crippen LogP contribution in [0.1, 0.15) is 21.5 Å². The van der Waals surface area contributed by atoms with Crippen LogP contribution >= 0.6 is 0 Å². The number of amides is 1. The van der Waals surface area contributed by atoms with E-state index in [2.05, 4.69) is 4.72 Å². The maximum Gasteiger partial charge on any atom is 0.254 e. The van der Waals surface area contributed by atoms with Crippen molar-refractivity contribution in [1.82, 2.24) is 9.62 Å². The molecule has 0 aliphatic heterocycles. The first-order chi connectivity index (χ1) is 13.5. The summed E-state index contributed by atoms with van der Waals surface area (Å²) in [6.45, 7) is 0.927. The molecule has 0 fully saturated rings. The number of hydrogen-bond acceptors (Lipinski definition) is 3. The van der Waals surface area contributed by atoms with E-state index in [1.165, 1.54) is 19.2 Å². The van der Waals surface area contributed by atoms with Crippen molar-refractivity contribution in [1.29, 1.82) is 0 Å². The second kappa shape index (κ2) is 8.82. The van der Waals surface area contributed by atoms with E-state index in [1.807, 2.05) is 60.7 Å². The average Bonchev–Trinajstić information content (AvgIpc) is 2.74. The third-order valence-corrected chi connectivity index (χ3v) is 5.83. The van der Waals surface area contributed by atoms with Crippen LogP contribution in [0.25, 0.3) is 0 Å². The van der Waals surface area contributed by atoms with Gasteiger partial charge < -0.3 is 4.90 Å². The van der Waals surface area contributed by atoms with Gasteiger partial charge in [0.2, 0.25) is 10.0 Å². The normalized spacial score (nSPS) is 11.2. The van der Waals surface area contributed by atoms with Gasteiger partial charge in [-0.3, -0.25) is 4.79 Å². The van der Waals surface area contributed by atoms with Gasteiger partial charge >= 0.3 is 0 Å². The molecule has 28 heavy (non-hydrogen) atoms. The van der Waals surface area contributed by atoms with E-state index in [9.17, 15) is 13.2 Å². The van der Waals surface area contributed by atoms with Crippen LogP contribution in [0.4, 0.5) is 0 Å². The second-order valence-electron chi connectivity index (χ2n) is 6.36. The summed E-state index contributed by atoms with van der Waals surface area (Å²) < 4.78 is 26.1. The smallest absolute Gasteiger partial charge is 0.254 e. The average molecular weight is 394 g/mol. The Balaban J connectivity index is 1.87. The van der Waals surface area contributed by atoms with Crippen molar-refractivity contribution in [3.05, 3.63) is 102 Å². The maximum absolute atomic E-state index is 13.1.